The number of hydrogen-bond donors (Lipinski definition) is 2. The Morgan fingerprint density at radius 2 is 2.19 bits per heavy atom. The number of ether oxygens (including phenoxy) is 2. The number of methoxy groups -OCH3 is 1. The second kappa shape index (κ2) is 7.14. The number of aryl methyl sites for hydroxylation is 1. The molecule has 1 aromatic carbocycles. The van der Waals surface area contributed by atoms with Crippen LogP contribution in [0.2, 0.25) is 0 Å². The van der Waals surface area contributed by atoms with Gasteiger partial charge in [-0.25, -0.2) is 0 Å². The molecule has 2 unspecified atom stereocenters. The fourth-order valence-corrected chi connectivity index (χ4v) is 3.20. The summed E-state index contributed by atoms with van der Waals surface area (Å²) < 4.78 is 11.6. The van der Waals surface area contributed by atoms with Gasteiger partial charge in [0.15, 0.2) is 11.5 Å². The van der Waals surface area contributed by atoms with E-state index in [-0.39, 0.29) is 18.2 Å². The van der Waals surface area contributed by atoms with Gasteiger partial charge in [-0.2, -0.15) is 0 Å². The van der Waals surface area contributed by atoms with Gasteiger partial charge in [0.1, 0.15) is 6.10 Å². The summed E-state index contributed by atoms with van der Waals surface area (Å²) in [7, 11) is 1.67. The average Bonchev–Trinajstić information content (AvgIpc) is 2.49. The van der Waals surface area contributed by atoms with Crippen LogP contribution in [0.1, 0.15) is 38.2 Å². The standard InChI is InChI=1S/C17H27NO3/c1-4-18-17(12-19)9-5-6-14(11-17)21-15-8-7-13(2)10-16(15)20-3/h7-8,10,14,18-19H,4-6,9,11-12H2,1-3H3. The molecule has 0 spiro atoms. The number of rotatable bonds is 6. The Labute approximate surface area is 127 Å². The van der Waals surface area contributed by atoms with E-state index >= 15 is 0 Å². The molecule has 4 nitrogen and oxygen atoms in total. The second-order valence-corrected chi connectivity index (χ2v) is 5.96. The van der Waals surface area contributed by atoms with Crippen molar-refractivity contribution in [3.05, 3.63) is 23.8 Å². The van der Waals surface area contributed by atoms with Crippen molar-refractivity contribution < 1.29 is 14.6 Å². The lowest BCUT2D eigenvalue weighted by molar-refractivity contribution is 0.0507. The fourth-order valence-electron chi connectivity index (χ4n) is 3.20. The third kappa shape index (κ3) is 3.89. The van der Waals surface area contributed by atoms with Crippen molar-refractivity contribution in [1.82, 2.24) is 5.32 Å². The Bertz CT molecular complexity index is 459. The van der Waals surface area contributed by atoms with Crippen LogP contribution in [0.5, 0.6) is 11.5 Å². The highest BCUT2D eigenvalue weighted by molar-refractivity contribution is 5.42. The van der Waals surface area contributed by atoms with Crippen molar-refractivity contribution >= 4 is 0 Å². The van der Waals surface area contributed by atoms with Crippen molar-refractivity contribution in [2.75, 3.05) is 20.3 Å². The molecular formula is C17H27NO3. The first-order chi connectivity index (χ1) is 10.1. The van der Waals surface area contributed by atoms with Crippen LogP contribution in [0, 0.1) is 6.92 Å². The molecule has 0 saturated heterocycles. The Balaban J connectivity index is 2.09. The molecule has 1 aromatic rings. The first-order valence-corrected chi connectivity index (χ1v) is 7.79. The number of likely N-dealkylation sites (N-methyl/N-ethyl adjacent to an activating group) is 1. The molecule has 0 heterocycles. The third-order valence-corrected chi connectivity index (χ3v) is 4.27. The Hall–Kier alpha value is -1.26. The molecule has 0 amide bonds. The average molecular weight is 293 g/mol. The summed E-state index contributed by atoms with van der Waals surface area (Å²) in [5, 5.41) is 13.2. The van der Waals surface area contributed by atoms with E-state index in [4.69, 9.17) is 9.47 Å². The molecule has 118 valence electrons. The van der Waals surface area contributed by atoms with E-state index in [0.29, 0.717) is 0 Å². The summed E-state index contributed by atoms with van der Waals surface area (Å²) in [6, 6.07) is 5.99. The molecule has 2 N–H and O–H groups in total. The summed E-state index contributed by atoms with van der Waals surface area (Å²) >= 11 is 0. The van der Waals surface area contributed by atoms with Crippen LogP contribution in [0.25, 0.3) is 0 Å². The van der Waals surface area contributed by atoms with Crippen molar-refractivity contribution in [3.8, 4) is 11.5 Å². The fraction of sp³-hybridized carbons (Fsp3) is 0.647. The highest BCUT2D eigenvalue weighted by atomic mass is 16.5. The summed E-state index contributed by atoms with van der Waals surface area (Å²) in [6.45, 7) is 5.13. The molecule has 2 atom stereocenters. The highest BCUT2D eigenvalue weighted by Gasteiger charge is 2.36. The maximum Gasteiger partial charge on any atom is 0.161 e. The van der Waals surface area contributed by atoms with Crippen molar-refractivity contribution in [1.29, 1.82) is 0 Å². The van der Waals surface area contributed by atoms with Gasteiger partial charge in [0.25, 0.3) is 0 Å². The minimum Gasteiger partial charge on any atom is -0.493 e. The van der Waals surface area contributed by atoms with Crippen LogP contribution >= 0.6 is 0 Å². The Morgan fingerprint density at radius 1 is 1.38 bits per heavy atom. The van der Waals surface area contributed by atoms with E-state index in [1.54, 1.807) is 7.11 Å². The molecule has 1 aliphatic carbocycles. The van der Waals surface area contributed by atoms with Crippen LogP contribution < -0.4 is 14.8 Å². The number of hydrogen-bond acceptors (Lipinski definition) is 4. The Morgan fingerprint density at radius 3 is 2.86 bits per heavy atom. The zero-order valence-corrected chi connectivity index (χ0v) is 13.3. The molecule has 1 fully saturated rings. The lowest BCUT2D eigenvalue weighted by Gasteiger charge is -2.40. The molecule has 0 radical (unpaired) electrons. The first-order valence-electron chi connectivity index (χ1n) is 7.79. The molecule has 0 aliphatic heterocycles. The van der Waals surface area contributed by atoms with Gasteiger partial charge < -0.3 is 19.9 Å². The first kappa shape index (κ1) is 16.1. The molecule has 21 heavy (non-hydrogen) atoms. The molecule has 2 rings (SSSR count). The van der Waals surface area contributed by atoms with Gasteiger partial charge in [-0.05, 0) is 50.4 Å². The van der Waals surface area contributed by atoms with Crippen LogP contribution in [0.15, 0.2) is 18.2 Å². The third-order valence-electron chi connectivity index (χ3n) is 4.27. The summed E-state index contributed by atoms with van der Waals surface area (Å²) in [5.41, 5.74) is 0.954. The molecule has 0 bridgehead atoms. The van der Waals surface area contributed by atoms with Crippen LogP contribution in [-0.2, 0) is 0 Å². The van der Waals surface area contributed by atoms with Crippen LogP contribution in [0.3, 0.4) is 0 Å². The largest absolute Gasteiger partial charge is 0.493 e. The van der Waals surface area contributed by atoms with Crippen molar-refractivity contribution in [2.24, 2.45) is 0 Å². The number of aliphatic hydroxyl groups is 1. The van der Waals surface area contributed by atoms with Crippen LogP contribution in [0.4, 0.5) is 0 Å². The number of nitrogens with one attached hydrogen (secondary N) is 1. The van der Waals surface area contributed by atoms with Gasteiger partial charge in [0, 0.05) is 12.0 Å². The highest BCUT2D eigenvalue weighted by Crippen LogP contribution is 2.34. The predicted molar refractivity (Wildman–Crippen MR) is 84.1 cm³/mol. The smallest absolute Gasteiger partial charge is 0.161 e. The van der Waals surface area contributed by atoms with Gasteiger partial charge in [-0.1, -0.05) is 13.0 Å². The lowest BCUT2D eigenvalue weighted by Crippen LogP contribution is -2.53. The molecule has 4 heteroatoms. The molecule has 1 aliphatic rings. The normalized spacial score (nSPS) is 25.6. The minimum absolute atomic E-state index is 0.113. The quantitative estimate of drug-likeness (QED) is 0.846. The number of aliphatic hydroxyl groups excluding tert-OH is 1. The summed E-state index contributed by atoms with van der Waals surface area (Å²) in [4.78, 5) is 0. The van der Waals surface area contributed by atoms with E-state index in [0.717, 1.165) is 49.3 Å². The van der Waals surface area contributed by atoms with Gasteiger partial charge in [0.05, 0.1) is 13.7 Å². The van der Waals surface area contributed by atoms with E-state index < -0.39 is 0 Å². The van der Waals surface area contributed by atoms with E-state index in [1.807, 2.05) is 25.1 Å². The zero-order valence-electron chi connectivity index (χ0n) is 13.3. The van der Waals surface area contributed by atoms with Gasteiger partial charge >= 0.3 is 0 Å². The van der Waals surface area contributed by atoms with E-state index in [2.05, 4.69) is 12.2 Å². The SMILES string of the molecule is CCNC1(CO)CCCC(Oc2ccc(C)cc2OC)C1. The van der Waals surface area contributed by atoms with E-state index in [1.165, 1.54) is 0 Å². The van der Waals surface area contributed by atoms with Gasteiger partial charge in [-0.3, -0.25) is 0 Å². The maximum absolute atomic E-state index is 9.75. The zero-order chi connectivity index (χ0) is 15.3. The monoisotopic (exact) mass is 293 g/mol. The lowest BCUT2D eigenvalue weighted by atomic mass is 9.80. The van der Waals surface area contributed by atoms with Crippen molar-refractivity contribution in [2.45, 2.75) is 51.2 Å². The Kier molecular flexibility index (Phi) is 5.48. The van der Waals surface area contributed by atoms with Crippen molar-refractivity contribution in [3.63, 3.8) is 0 Å². The molecule has 1 saturated carbocycles. The predicted octanol–water partition coefficient (Wildman–Crippen LogP) is 2.67. The molecule has 0 aromatic heterocycles. The molecular weight excluding hydrogens is 266 g/mol. The summed E-state index contributed by atoms with van der Waals surface area (Å²) in [6.07, 6.45) is 4.02. The van der Waals surface area contributed by atoms with E-state index in [9.17, 15) is 5.11 Å². The number of benzene rings is 1. The van der Waals surface area contributed by atoms with Crippen LogP contribution in [-0.4, -0.2) is 37.0 Å². The topological polar surface area (TPSA) is 50.7 Å². The maximum atomic E-state index is 9.75. The summed E-state index contributed by atoms with van der Waals surface area (Å²) in [5.74, 6) is 1.57. The second-order valence-electron chi connectivity index (χ2n) is 5.96. The van der Waals surface area contributed by atoms with Gasteiger partial charge in [-0.15, -0.1) is 0 Å². The van der Waals surface area contributed by atoms with Gasteiger partial charge in [0.2, 0.25) is 0 Å². The minimum atomic E-state index is -0.199.